The number of hydrogen-bond acceptors (Lipinski definition) is 4. The molecule has 0 saturated carbocycles. The van der Waals surface area contributed by atoms with E-state index >= 15 is 0 Å². The van der Waals surface area contributed by atoms with Crippen molar-refractivity contribution in [2.24, 2.45) is 0 Å². The number of imide groups is 1. The molecule has 0 atom stereocenters. The average molecular weight is 249 g/mol. The standard InChI is InChI=1S/C11H11N3O4/c1-6-2-8(15)7(3-12-6)11(18)14-4-9(16)13-10(17)5-14/h2-3H,4-5H2,1H3,(H,12,15)(H,13,16,17). The van der Waals surface area contributed by atoms with E-state index in [-0.39, 0.29) is 18.7 Å². The molecule has 2 heterocycles. The Balaban J connectivity index is 2.28. The number of carbonyl (C=O) groups excluding carboxylic acids is 3. The number of nitrogens with one attached hydrogen (secondary N) is 2. The highest BCUT2D eigenvalue weighted by molar-refractivity contribution is 6.05. The van der Waals surface area contributed by atoms with E-state index in [1.165, 1.54) is 12.3 Å². The molecule has 1 aliphatic heterocycles. The minimum absolute atomic E-state index is 0.0805. The largest absolute Gasteiger partial charge is 0.364 e. The molecule has 0 radical (unpaired) electrons. The Bertz CT molecular complexity index is 574. The molecule has 1 saturated heterocycles. The molecule has 94 valence electrons. The molecule has 7 heteroatoms. The van der Waals surface area contributed by atoms with Gasteiger partial charge in [0.1, 0.15) is 18.7 Å². The maximum Gasteiger partial charge on any atom is 0.260 e. The lowest BCUT2D eigenvalue weighted by Gasteiger charge is -2.25. The number of nitrogens with zero attached hydrogens (tertiary/aromatic N) is 1. The topological polar surface area (TPSA) is 99.3 Å². The Hall–Kier alpha value is -2.44. The van der Waals surface area contributed by atoms with Crippen molar-refractivity contribution in [3.63, 3.8) is 0 Å². The maximum absolute atomic E-state index is 12.0. The van der Waals surface area contributed by atoms with Gasteiger partial charge in [-0.1, -0.05) is 0 Å². The first-order valence-corrected chi connectivity index (χ1v) is 5.28. The lowest BCUT2D eigenvalue weighted by Crippen LogP contribution is -2.53. The third-order valence-corrected chi connectivity index (χ3v) is 2.52. The van der Waals surface area contributed by atoms with Crippen molar-refractivity contribution in [3.8, 4) is 0 Å². The van der Waals surface area contributed by atoms with E-state index in [9.17, 15) is 19.2 Å². The molecular weight excluding hydrogens is 238 g/mol. The van der Waals surface area contributed by atoms with Crippen LogP contribution < -0.4 is 10.7 Å². The van der Waals surface area contributed by atoms with Crippen molar-refractivity contribution < 1.29 is 14.4 Å². The summed E-state index contributed by atoms with van der Waals surface area (Å²) >= 11 is 0. The first-order valence-electron chi connectivity index (χ1n) is 5.28. The van der Waals surface area contributed by atoms with Crippen LogP contribution in [0, 0.1) is 6.92 Å². The summed E-state index contributed by atoms with van der Waals surface area (Å²) in [4.78, 5) is 49.7. The Morgan fingerprint density at radius 3 is 2.39 bits per heavy atom. The van der Waals surface area contributed by atoms with Crippen molar-refractivity contribution >= 4 is 17.7 Å². The van der Waals surface area contributed by atoms with Gasteiger partial charge in [0, 0.05) is 18.0 Å². The highest BCUT2D eigenvalue weighted by Crippen LogP contribution is 2.02. The van der Waals surface area contributed by atoms with Gasteiger partial charge in [-0.15, -0.1) is 0 Å². The molecule has 0 unspecified atom stereocenters. The van der Waals surface area contributed by atoms with Crippen LogP contribution in [-0.4, -0.2) is 40.7 Å². The molecule has 0 aromatic carbocycles. The lowest BCUT2D eigenvalue weighted by atomic mass is 10.2. The Morgan fingerprint density at radius 1 is 1.22 bits per heavy atom. The summed E-state index contributed by atoms with van der Waals surface area (Å²) in [6.45, 7) is 1.24. The lowest BCUT2D eigenvalue weighted by molar-refractivity contribution is -0.135. The maximum atomic E-state index is 12.0. The molecular formula is C11H11N3O4. The van der Waals surface area contributed by atoms with Gasteiger partial charge in [-0.05, 0) is 6.92 Å². The van der Waals surface area contributed by atoms with E-state index in [0.29, 0.717) is 5.69 Å². The van der Waals surface area contributed by atoms with Crippen molar-refractivity contribution in [1.82, 2.24) is 15.2 Å². The van der Waals surface area contributed by atoms with Crippen LogP contribution in [0.25, 0.3) is 0 Å². The smallest absolute Gasteiger partial charge is 0.260 e. The number of piperazine rings is 1. The normalized spacial score (nSPS) is 15.5. The van der Waals surface area contributed by atoms with E-state index in [0.717, 1.165) is 4.90 Å². The fourth-order valence-corrected chi connectivity index (χ4v) is 1.69. The Kier molecular flexibility index (Phi) is 2.97. The van der Waals surface area contributed by atoms with E-state index in [4.69, 9.17) is 0 Å². The second kappa shape index (κ2) is 4.44. The number of aryl methyl sites for hydroxylation is 1. The summed E-state index contributed by atoms with van der Waals surface area (Å²) in [6, 6.07) is 1.29. The molecule has 0 spiro atoms. The van der Waals surface area contributed by atoms with E-state index in [2.05, 4.69) is 10.3 Å². The predicted octanol–water partition coefficient (Wildman–Crippen LogP) is -1.22. The molecule has 2 rings (SSSR count). The minimum atomic E-state index is -0.626. The summed E-state index contributed by atoms with van der Waals surface area (Å²) in [7, 11) is 0. The molecule has 3 amide bonds. The number of pyridine rings is 1. The van der Waals surface area contributed by atoms with E-state index in [1.807, 2.05) is 0 Å². The Labute approximate surface area is 102 Å². The van der Waals surface area contributed by atoms with Crippen molar-refractivity contribution in [2.75, 3.05) is 13.1 Å². The zero-order valence-corrected chi connectivity index (χ0v) is 9.65. The zero-order valence-electron chi connectivity index (χ0n) is 9.65. The van der Waals surface area contributed by atoms with Gasteiger partial charge in [0.25, 0.3) is 5.91 Å². The van der Waals surface area contributed by atoms with Crippen molar-refractivity contribution in [1.29, 1.82) is 0 Å². The quantitative estimate of drug-likeness (QED) is 0.609. The van der Waals surface area contributed by atoms with Gasteiger partial charge in [0.15, 0.2) is 5.43 Å². The van der Waals surface area contributed by atoms with Gasteiger partial charge in [-0.3, -0.25) is 24.5 Å². The second-order valence-corrected chi connectivity index (χ2v) is 4.03. The minimum Gasteiger partial charge on any atom is -0.364 e. The third-order valence-electron chi connectivity index (χ3n) is 2.52. The van der Waals surface area contributed by atoms with Crippen LogP contribution in [0.4, 0.5) is 0 Å². The van der Waals surface area contributed by atoms with E-state index < -0.39 is 23.2 Å². The van der Waals surface area contributed by atoms with Gasteiger partial charge in [0.05, 0.1) is 0 Å². The SMILES string of the molecule is Cc1cc(=O)c(C(=O)N2CC(=O)NC(=O)C2)c[nH]1. The van der Waals surface area contributed by atoms with Gasteiger partial charge in [-0.25, -0.2) is 0 Å². The molecule has 1 aliphatic rings. The number of carbonyl (C=O) groups is 3. The summed E-state index contributed by atoms with van der Waals surface area (Å²) in [6.07, 6.45) is 1.29. The number of hydrogen-bond donors (Lipinski definition) is 2. The summed E-state index contributed by atoms with van der Waals surface area (Å²) < 4.78 is 0. The fourth-order valence-electron chi connectivity index (χ4n) is 1.69. The van der Waals surface area contributed by atoms with Crippen molar-refractivity contribution in [3.05, 3.63) is 33.7 Å². The first kappa shape index (κ1) is 12.0. The molecule has 0 aliphatic carbocycles. The highest BCUT2D eigenvalue weighted by atomic mass is 16.2. The van der Waals surface area contributed by atoms with Crippen molar-refractivity contribution in [2.45, 2.75) is 6.92 Å². The number of amides is 3. The van der Waals surface area contributed by atoms with Crippen LogP contribution >= 0.6 is 0 Å². The Morgan fingerprint density at radius 2 is 1.83 bits per heavy atom. The molecule has 1 aromatic rings. The monoisotopic (exact) mass is 249 g/mol. The highest BCUT2D eigenvalue weighted by Gasteiger charge is 2.28. The molecule has 0 bridgehead atoms. The predicted molar refractivity (Wildman–Crippen MR) is 60.9 cm³/mol. The average Bonchev–Trinajstić information content (AvgIpc) is 2.26. The second-order valence-electron chi connectivity index (χ2n) is 4.03. The molecule has 18 heavy (non-hydrogen) atoms. The molecule has 2 N–H and O–H groups in total. The molecule has 7 nitrogen and oxygen atoms in total. The van der Waals surface area contributed by atoms with Gasteiger partial charge >= 0.3 is 0 Å². The van der Waals surface area contributed by atoms with Crippen LogP contribution in [0.5, 0.6) is 0 Å². The first-order chi connectivity index (χ1) is 8.47. The van der Waals surface area contributed by atoms with Gasteiger partial charge < -0.3 is 9.88 Å². The van der Waals surface area contributed by atoms with Gasteiger partial charge in [0.2, 0.25) is 11.8 Å². The van der Waals surface area contributed by atoms with Crippen LogP contribution in [0.1, 0.15) is 16.1 Å². The van der Waals surface area contributed by atoms with Crippen LogP contribution in [0.3, 0.4) is 0 Å². The van der Waals surface area contributed by atoms with Crippen LogP contribution in [0.15, 0.2) is 17.1 Å². The van der Waals surface area contributed by atoms with E-state index in [1.54, 1.807) is 6.92 Å². The number of H-pyrrole nitrogens is 1. The zero-order chi connectivity index (χ0) is 13.3. The van der Waals surface area contributed by atoms with Crippen LogP contribution in [-0.2, 0) is 9.59 Å². The summed E-state index contributed by atoms with van der Waals surface area (Å²) in [5.41, 5.74) is 0.113. The van der Waals surface area contributed by atoms with Crippen LogP contribution in [0.2, 0.25) is 0 Å². The molecule has 1 aromatic heterocycles. The third kappa shape index (κ3) is 2.29. The summed E-state index contributed by atoms with van der Waals surface area (Å²) in [5.74, 6) is -1.73. The number of aromatic amines is 1. The number of aromatic nitrogens is 1. The van der Waals surface area contributed by atoms with Gasteiger partial charge in [-0.2, -0.15) is 0 Å². The molecule has 1 fully saturated rings. The fraction of sp³-hybridized carbons (Fsp3) is 0.273. The number of rotatable bonds is 1. The summed E-state index contributed by atoms with van der Waals surface area (Å²) in [5, 5.41) is 2.08.